The van der Waals surface area contributed by atoms with Crippen LogP contribution in [-0.2, 0) is 13.7 Å². The van der Waals surface area contributed by atoms with Crippen LogP contribution in [0.5, 0.6) is 0 Å². The first-order valence-electron chi connectivity index (χ1n) is 14.3. The molecule has 0 saturated carbocycles. The van der Waals surface area contributed by atoms with E-state index in [4.69, 9.17) is 23.7 Å². The lowest BCUT2D eigenvalue weighted by Gasteiger charge is -2.44. The molecule has 1 aromatic heterocycles. The fourth-order valence-corrected chi connectivity index (χ4v) is 10.3. The minimum absolute atomic E-state index is 0. The minimum Gasteiger partial charge on any atom is -0.406 e. The van der Waals surface area contributed by atoms with Crippen LogP contribution in [0.25, 0.3) is 0 Å². The van der Waals surface area contributed by atoms with Gasteiger partial charge in [0.15, 0.2) is 0 Å². The predicted molar refractivity (Wildman–Crippen MR) is 173 cm³/mol. The zero-order valence-corrected chi connectivity index (χ0v) is 27.2. The molecule has 1 atom stereocenters. The first kappa shape index (κ1) is 31.7. The molecule has 0 amide bonds. The summed E-state index contributed by atoms with van der Waals surface area (Å²) in [6.45, 7) is 18.2. The van der Waals surface area contributed by atoms with E-state index >= 15 is 0 Å². The molecular weight excluding hydrogens is 551 g/mol. The van der Waals surface area contributed by atoms with Gasteiger partial charge in [0.2, 0.25) is 5.95 Å². The largest absolute Gasteiger partial charge is 0.498 e. The standard InChI is InChI=1S/C31H43BN4O3Si.ClH/c1-29(2,3)40(26-14-10-8-11-15-26,27-16-12-9-13-17-27)37-23-25-22-36(19-18-33-25)28-34-20-24(21-35-28)32-38-30(4,5)31(6,7)39-32;/h8-17,20-21,25,33H,18-19,22-23H2,1-7H3;1H. The van der Waals surface area contributed by atoms with Crippen LogP contribution in [-0.4, -0.2) is 68.9 Å². The molecule has 2 saturated heterocycles. The Balaban J connectivity index is 0.00000387. The number of rotatable bonds is 7. The molecule has 2 aliphatic rings. The fraction of sp³-hybridized carbons (Fsp3) is 0.484. The van der Waals surface area contributed by atoms with Crippen molar-refractivity contribution >= 4 is 49.6 Å². The van der Waals surface area contributed by atoms with Crippen LogP contribution < -0.4 is 26.1 Å². The molecule has 2 fully saturated rings. The monoisotopic (exact) mass is 594 g/mol. The van der Waals surface area contributed by atoms with Crippen molar-refractivity contribution in [3.63, 3.8) is 0 Å². The van der Waals surface area contributed by atoms with Crippen LogP contribution in [0.3, 0.4) is 0 Å². The Morgan fingerprint density at radius 3 is 1.93 bits per heavy atom. The summed E-state index contributed by atoms with van der Waals surface area (Å²) in [7, 11) is -3.06. The van der Waals surface area contributed by atoms with E-state index in [1.54, 1.807) is 0 Å². The van der Waals surface area contributed by atoms with Gasteiger partial charge in [0.1, 0.15) is 0 Å². The van der Waals surface area contributed by atoms with Crippen LogP contribution in [0.4, 0.5) is 5.95 Å². The van der Waals surface area contributed by atoms with Crippen LogP contribution in [0.15, 0.2) is 73.1 Å². The molecule has 1 unspecified atom stereocenters. The van der Waals surface area contributed by atoms with Gasteiger partial charge in [-0.25, -0.2) is 9.97 Å². The quantitative estimate of drug-likeness (QED) is 0.420. The second kappa shape index (κ2) is 12.1. The number of piperazine rings is 1. The van der Waals surface area contributed by atoms with Crippen molar-refractivity contribution in [2.75, 3.05) is 31.1 Å². The number of nitrogens with zero attached hydrogens (tertiary/aromatic N) is 3. The van der Waals surface area contributed by atoms with Gasteiger partial charge in [-0.1, -0.05) is 81.4 Å². The van der Waals surface area contributed by atoms with E-state index in [0.29, 0.717) is 6.61 Å². The van der Waals surface area contributed by atoms with Gasteiger partial charge in [0, 0.05) is 43.5 Å². The number of hydrogen-bond donors (Lipinski definition) is 1. The summed E-state index contributed by atoms with van der Waals surface area (Å²) in [5, 5.41) is 6.21. The Bertz CT molecular complexity index is 1220. The van der Waals surface area contributed by atoms with Crippen molar-refractivity contribution in [2.24, 2.45) is 0 Å². The van der Waals surface area contributed by atoms with Gasteiger partial charge in [0.25, 0.3) is 8.32 Å². The average Bonchev–Trinajstić information content (AvgIpc) is 3.16. The number of nitrogens with one attached hydrogen (secondary N) is 1. The molecule has 2 aromatic carbocycles. The number of hydrogen-bond acceptors (Lipinski definition) is 7. The van der Waals surface area contributed by atoms with Gasteiger partial charge in [-0.3, -0.25) is 0 Å². The van der Waals surface area contributed by atoms with Crippen LogP contribution >= 0.6 is 12.4 Å². The summed E-state index contributed by atoms with van der Waals surface area (Å²) < 4.78 is 19.5. The Morgan fingerprint density at radius 1 is 0.927 bits per heavy atom. The number of aromatic nitrogens is 2. The van der Waals surface area contributed by atoms with Crippen molar-refractivity contribution in [3.8, 4) is 0 Å². The van der Waals surface area contributed by atoms with E-state index in [2.05, 4.69) is 119 Å². The van der Waals surface area contributed by atoms with E-state index in [-0.39, 0.29) is 23.5 Å². The summed E-state index contributed by atoms with van der Waals surface area (Å²) in [5.74, 6) is 0.720. The molecule has 7 nitrogen and oxygen atoms in total. The third kappa shape index (κ3) is 6.26. The van der Waals surface area contributed by atoms with Gasteiger partial charge in [-0.2, -0.15) is 0 Å². The van der Waals surface area contributed by atoms with Crippen LogP contribution in [0, 0.1) is 0 Å². The van der Waals surface area contributed by atoms with Gasteiger partial charge >= 0.3 is 7.12 Å². The molecule has 5 rings (SSSR count). The second-order valence-corrected chi connectivity index (χ2v) is 17.3. The maximum atomic E-state index is 7.19. The molecular formula is C31H44BClN4O3Si. The highest BCUT2D eigenvalue weighted by atomic mass is 35.5. The second-order valence-electron chi connectivity index (χ2n) is 13.0. The minimum atomic E-state index is -2.60. The van der Waals surface area contributed by atoms with E-state index in [1.807, 2.05) is 12.4 Å². The van der Waals surface area contributed by atoms with Crippen molar-refractivity contribution < 1.29 is 13.7 Å². The molecule has 41 heavy (non-hydrogen) atoms. The molecule has 3 heterocycles. The van der Waals surface area contributed by atoms with Crippen molar-refractivity contribution in [3.05, 3.63) is 73.1 Å². The first-order valence-corrected chi connectivity index (χ1v) is 16.2. The summed E-state index contributed by atoms with van der Waals surface area (Å²) in [4.78, 5) is 11.7. The molecule has 0 aliphatic carbocycles. The average molecular weight is 595 g/mol. The van der Waals surface area contributed by atoms with Crippen molar-refractivity contribution in [1.82, 2.24) is 15.3 Å². The molecule has 0 radical (unpaired) electrons. The van der Waals surface area contributed by atoms with Gasteiger partial charge in [-0.05, 0) is 43.1 Å². The molecule has 10 heteroatoms. The maximum Gasteiger partial charge on any atom is 0.498 e. The summed E-state index contributed by atoms with van der Waals surface area (Å²) in [5.41, 5.74) is 0.0458. The zero-order chi connectivity index (χ0) is 28.6. The van der Waals surface area contributed by atoms with Gasteiger partial charge in [0.05, 0.1) is 17.8 Å². The highest BCUT2D eigenvalue weighted by molar-refractivity contribution is 6.99. The normalized spacial score (nSPS) is 20.5. The molecule has 1 N–H and O–H groups in total. The van der Waals surface area contributed by atoms with Crippen molar-refractivity contribution in [2.45, 2.75) is 70.7 Å². The molecule has 220 valence electrons. The Kier molecular flexibility index (Phi) is 9.38. The lowest BCUT2D eigenvalue weighted by atomic mass is 9.81. The van der Waals surface area contributed by atoms with E-state index in [9.17, 15) is 0 Å². The topological polar surface area (TPSA) is 68.7 Å². The first-order chi connectivity index (χ1) is 18.9. The number of halogens is 1. The zero-order valence-electron chi connectivity index (χ0n) is 25.4. The van der Waals surface area contributed by atoms with E-state index < -0.39 is 26.6 Å². The Hall–Kier alpha value is -2.27. The molecule has 3 aromatic rings. The van der Waals surface area contributed by atoms with Crippen LogP contribution in [0.2, 0.25) is 5.04 Å². The van der Waals surface area contributed by atoms with Crippen LogP contribution in [0.1, 0.15) is 48.5 Å². The van der Waals surface area contributed by atoms with Crippen molar-refractivity contribution in [1.29, 1.82) is 0 Å². The third-order valence-corrected chi connectivity index (χ3v) is 13.6. The number of benzene rings is 2. The summed E-state index contributed by atoms with van der Waals surface area (Å²) >= 11 is 0. The molecule has 0 spiro atoms. The highest BCUT2D eigenvalue weighted by Gasteiger charge is 2.52. The fourth-order valence-electron chi connectivity index (χ4n) is 5.70. The van der Waals surface area contributed by atoms with Gasteiger partial charge in [-0.15, -0.1) is 12.4 Å². The lowest BCUT2D eigenvalue weighted by Crippen LogP contribution is -2.68. The maximum absolute atomic E-state index is 7.19. The lowest BCUT2D eigenvalue weighted by molar-refractivity contribution is 0.00578. The molecule has 2 aliphatic heterocycles. The predicted octanol–water partition coefficient (Wildman–Crippen LogP) is 3.55. The van der Waals surface area contributed by atoms with Gasteiger partial charge < -0.3 is 24.0 Å². The smallest absolute Gasteiger partial charge is 0.406 e. The SMILES string of the molecule is CC1(C)OB(c2cnc(N3CCNC(CO[Si](c4ccccc4)(c4ccccc4)C(C)(C)C)C3)nc2)OC1(C)C.Cl. The Morgan fingerprint density at radius 2 is 1.44 bits per heavy atom. The molecule has 0 bridgehead atoms. The van der Waals surface area contributed by atoms with E-state index in [0.717, 1.165) is 31.0 Å². The third-order valence-electron chi connectivity index (χ3n) is 8.64. The summed E-state index contributed by atoms with van der Waals surface area (Å²) in [6, 6.07) is 21.8. The number of anilines is 1. The van der Waals surface area contributed by atoms with E-state index in [1.165, 1.54) is 10.4 Å². The highest BCUT2D eigenvalue weighted by Crippen LogP contribution is 2.37. The summed E-state index contributed by atoms with van der Waals surface area (Å²) in [6.07, 6.45) is 3.67. The Labute approximate surface area is 253 Å².